The summed E-state index contributed by atoms with van der Waals surface area (Å²) in [6.45, 7) is 1.58. The van der Waals surface area contributed by atoms with Crippen molar-refractivity contribution in [3.8, 4) is 0 Å². The summed E-state index contributed by atoms with van der Waals surface area (Å²) < 4.78 is 0.864. The summed E-state index contributed by atoms with van der Waals surface area (Å²) in [5.74, 6) is -0.987. The third-order valence-electron chi connectivity index (χ3n) is 4.36. The lowest BCUT2D eigenvalue weighted by Gasteiger charge is -2.14. The molecule has 0 atom stereocenters. The van der Waals surface area contributed by atoms with Crippen LogP contribution in [0.2, 0.25) is 0 Å². The highest BCUT2D eigenvalue weighted by Crippen LogP contribution is 2.27. The number of imide groups is 1. The summed E-state index contributed by atoms with van der Waals surface area (Å²) in [6.07, 6.45) is 1.59. The maximum absolute atomic E-state index is 12.6. The number of hydrogen-bond acceptors (Lipinski definition) is 4. The summed E-state index contributed by atoms with van der Waals surface area (Å²) >= 11 is 3.50. The minimum Gasteiger partial charge on any atom is -0.377 e. The zero-order valence-electron chi connectivity index (χ0n) is 16.3. The average Bonchev–Trinajstić information content (AvgIpc) is 2.91. The number of aryl methyl sites for hydroxylation is 1. The van der Waals surface area contributed by atoms with Crippen molar-refractivity contribution in [2.45, 2.75) is 6.92 Å². The van der Waals surface area contributed by atoms with Crippen LogP contribution in [0.1, 0.15) is 11.1 Å². The summed E-state index contributed by atoms with van der Waals surface area (Å²) in [5.41, 5.74) is 3.54. The molecular weight excluding hydrogens is 436 g/mol. The Morgan fingerprint density at radius 1 is 1.17 bits per heavy atom. The van der Waals surface area contributed by atoms with Gasteiger partial charge in [0.1, 0.15) is 12.2 Å². The molecule has 7 nitrogen and oxygen atoms in total. The highest BCUT2D eigenvalue weighted by Gasteiger charge is 2.34. The molecule has 2 aromatic rings. The molecular formula is C21H21BrN4O3. The van der Waals surface area contributed by atoms with E-state index in [1.165, 1.54) is 0 Å². The van der Waals surface area contributed by atoms with Crippen LogP contribution in [-0.2, 0) is 9.59 Å². The Kier molecular flexibility index (Phi) is 6.03. The number of carbonyl (C=O) groups is 3. The molecule has 1 aliphatic heterocycles. The number of hydrogen-bond donors (Lipinski definition) is 2. The number of carbonyl (C=O) groups excluding carboxylic acids is 3. The highest BCUT2D eigenvalue weighted by atomic mass is 79.9. The first-order chi connectivity index (χ1) is 13.7. The molecule has 4 amide bonds. The molecule has 1 saturated heterocycles. The van der Waals surface area contributed by atoms with E-state index in [2.05, 4.69) is 26.6 Å². The van der Waals surface area contributed by atoms with Gasteiger partial charge in [0.2, 0.25) is 5.91 Å². The maximum atomic E-state index is 12.6. The van der Waals surface area contributed by atoms with Crippen LogP contribution in [0.4, 0.5) is 16.2 Å². The van der Waals surface area contributed by atoms with Gasteiger partial charge in [-0.3, -0.25) is 9.59 Å². The van der Waals surface area contributed by atoms with E-state index in [1.54, 1.807) is 18.2 Å². The second-order valence-electron chi connectivity index (χ2n) is 6.90. The first-order valence-electron chi connectivity index (χ1n) is 8.92. The molecule has 2 aromatic carbocycles. The Labute approximate surface area is 177 Å². The molecule has 0 spiro atoms. The number of amides is 4. The fourth-order valence-electron chi connectivity index (χ4n) is 2.84. The number of anilines is 2. The zero-order chi connectivity index (χ0) is 21.1. The van der Waals surface area contributed by atoms with Gasteiger partial charge in [-0.2, -0.15) is 0 Å². The van der Waals surface area contributed by atoms with Crippen LogP contribution in [0.5, 0.6) is 0 Å². The smallest absolute Gasteiger partial charge is 0.329 e. The molecule has 150 valence electrons. The molecule has 0 aromatic heterocycles. The molecule has 0 aliphatic carbocycles. The molecule has 0 bridgehead atoms. The molecule has 1 aliphatic rings. The Balaban J connectivity index is 1.70. The third-order valence-corrected chi connectivity index (χ3v) is 5.00. The van der Waals surface area contributed by atoms with Gasteiger partial charge < -0.3 is 15.5 Å². The van der Waals surface area contributed by atoms with Gasteiger partial charge in [0.15, 0.2) is 0 Å². The van der Waals surface area contributed by atoms with Crippen molar-refractivity contribution in [1.29, 1.82) is 0 Å². The standard InChI is InChI=1S/C21H21BrN4O3/c1-13-4-7-15(8-5-13)23-19(27)12-26-20(28)17(24-21(26)29)11-14-6-9-18(25(2)3)16(22)10-14/h4-11H,12H2,1-3H3,(H,23,27)(H,24,29)/b17-11+. The normalized spacial score (nSPS) is 14.9. The largest absolute Gasteiger partial charge is 0.377 e. The van der Waals surface area contributed by atoms with Gasteiger partial charge >= 0.3 is 6.03 Å². The number of urea groups is 1. The second kappa shape index (κ2) is 8.48. The summed E-state index contributed by atoms with van der Waals surface area (Å²) in [6, 6.07) is 12.2. The SMILES string of the molecule is Cc1ccc(NC(=O)CN2C(=O)N/C(=C/c3ccc(N(C)C)c(Br)c3)C2=O)cc1. The van der Waals surface area contributed by atoms with Gasteiger partial charge in [0, 0.05) is 24.3 Å². The Morgan fingerprint density at radius 2 is 1.86 bits per heavy atom. The van der Waals surface area contributed by atoms with Crippen molar-refractivity contribution in [2.24, 2.45) is 0 Å². The molecule has 29 heavy (non-hydrogen) atoms. The Hall–Kier alpha value is -3.13. The van der Waals surface area contributed by atoms with Gasteiger partial charge in [-0.15, -0.1) is 0 Å². The van der Waals surface area contributed by atoms with E-state index in [-0.39, 0.29) is 12.2 Å². The van der Waals surface area contributed by atoms with E-state index < -0.39 is 17.8 Å². The van der Waals surface area contributed by atoms with Gasteiger partial charge in [0.25, 0.3) is 5.91 Å². The van der Waals surface area contributed by atoms with Gasteiger partial charge in [0.05, 0.1) is 5.69 Å². The minimum atomic E-state index is -0.621. The lowest BCUT2D eigenvalue weighted by Crippen LogP contribution is -2.38. The van der Waals surface area contributed by atoms with E-state index in [0.29, 0.717) is 5.69 Å². The molecule has 2 N–H and O–H groups in total. The van der Waals surface area contributed by atoms with Crippen LogP contribution >= 0.6 is 15.9 Å². The predicted octanol–water partition coefficient (Wildman–Crippen LogP) is 3.35. The van der Waals surface area contributed by atoms with Crippen LogP contribution in [-0.4, -0.2) is 43.4 Å². The number of benzene rings is 2. The maximum Gasteiger partial charge on any atom is 0.329 e. The lowest BCUT2D eigenvalue weighted by molar-refractivity contribution is -0.127. The van der Waals surface area contributed by atoms with E-state index in [4.69, 9.17) is 0 Å². The fraction of sp³-hybridized carbons (Fsp3) is 0.190. The fourth-order valence-corrected chi connectivity index (χ4v) is 3.59. The van der Waals surface area contributed by atoms with Crippen LogP contribution in [0.15, 0.2) is 52.6 Å². The van der Waals surface area contributed by atoms with Crippen LogP contribution < -0.4 is 15.5 Å². The molecule has 3 rings (SSSR count). The number of nitrogens with one attached hydrogen (secondary N) is 2. The quantitative estimate of drug-likeness (QED) is 0.533. The van der Waals surface area contributed by atoms with Crippen LogP contribution in [0.3, 0.4) is 0 Å². The first kappa shape index (κ1) is 20.6. The van der Waals surface area contributed by atoms with Crippen LogP contribution in [0.25, 0.3) is 6.08 Å². The van der Waals surface area contributed by atoms with E-state index in [9.17, 15) is 14.4 Å². The second-order valence-corrected chi connectivity index (χ2v) is 7.75. The van der Waals surface area contributed by atoms with Crippen LogP contribution in [0, 0.1) is 6.92 Å². The van der Waals surface area contributed by atoms with Gasteiger partial charge in [-0.1, -0.05) is 23.8 Å². The molecule has 0 radical (unpaired) electrons. The summed E-state index contributed by atoms with van der Waals surface area (Å²) in [5, 5.41) is 5.21. The first-order valence-corrected chi connectivity index (χ1v) is 9.72. The molecule has 0 unspecified atom stereocenters. The van der Waals surface area contributed by atoms with Gasteiger partial charge in [-0.05, 0) is 58.8 Å². The van der Waals surface area contributed by atoms with Crippen molar-refractivity contribution in [1.82, 2.24) is 10.2 Å². The lowest BCUT2D eigenvalue weighted by atomic mass is 10.1. The molecule has 1 fully saturated rings. The van der Waals surface area contributed by atoms with Crippen molar-refractivity contribution in [2.75, 3.05) is 30.9 Å². The van der Waals surface area contributed by atoms with Gasteiger partial charge in [-0.25, -0.2) is 9.69 Å². The van der Waals surface area contributed by atoms with Crippen molar-refractivity contribution in [3.05, 3.63) is 63.8 Å². The summed E-state index contributed by atoms with van der Waals surface area (Å²) in [7, 11) is 3.86. The van der Waals surface area contributed by atoms with E-state index in [1.807, 2.05) is 56.3 Å². The average molecular weight is 457 g/mol. The summed E-state index contributed by atoms with van der Waals surface area (Å²) in [4.78, 5) is 39.9. The zero-order valence-corrected chi connectivity index (χ0v) is 17.9. The monoisotopic (exact) mass is 456 g/mol. The highest BCUT2D eigenvalue weighted by molar-refractivity contribution is 9.10. The number of rotatable bonds is 5. The number of nitrogens with zero attached hydrogens (tertiary/aromatic N) is 2. The van der Waals surface area contributed by atoms with Crippen molar-refractivity contribution >= 4 is 51.2 Å². The Bertz CT molecular complexity index is 999. The minimum absolute atomic E-state index is 0.127. The topological polar surface area (TPSA) is 81.8 Å². The molecule has 0 saturated carbocycles. The molecule has 1 heterocycles. The molecule has 8 heteroatoms. The van der Waals surface area contributed by atoms with Crippen molar-refractivity contribution < 1.29 is 14.4 Å². The number of halogens is 1. The van der Waals surface area contributed by atoms with E-state index in [0.717, 1.165) is 26.2 Å². The third kappa shape index (κ3) is 4.83. The van der Waals surface area contributed by atoms with E-state index >= 15 is 0 Å². The predicted molar refractivity (Wildman–Crippen MR) is 116 cm³/mol. The van der Waals surface area contributed by atoms with Crippen molar-refractivity contribution in [3.63, 3.8) is 0 Å². The Morgan fingerprint density at radius 3 is 2.48 bits per heavy atom.